The minimum atomic E-state index is 0.198. The number of rotatable bonds is 2. The molecule has 0 amide bonds. The first-order valence-corrected chi connectivity index (χ1v) is 2.10. The molecule has 0 heterocycles. The monoisotopic (exact) mass is 163 g/mol. The highest BCUT2D eigenvalue weighted by Gasteiger charge is 2.02. The lowest BCUT2D eigenvalue weighted by Gasteiger charge is -2.03. The van der Waals surface area contributed by atoms with Crippen molar-refractivity contribution < 1.29 is 0 Å². The summed E-state index contributed by atoms with van der Waals surface area (Å²) in [6, 6.07) is 0. The van der Waals surface area contributed by atoms with Crippen LogP contribution in [0.5, 0.6) is 0 Å². The van der Waals surface area contributed by atoms with Gasteiger partial charge in [0.2, 0.25) is 0 Å². The number of nitrogens with zero attached hydrogens (tertiary/aromatic N) is 3. The Labute approximate surface area is 54.8 Å². The first-order chi connectivity index (χ1) is 3.18. The van der Waals surface area contributed by atoms with Gasteiger partial charge in [0.25, 0.3) is 0 Å². The van der Waals surface area contributed by atoms with Crippen molar-refractivity contribution in [2.45, 2.75) is 0 Å². The molecule has 0 aliphatic rings. The second-order valence-electron chi connectivity index (χ2n) is 0.537. The van der Waals surface area contributed by atoms with Gasteiger partial charge in [-0.25, -0.2) is 0 Å². The van der Waals surface area contributed by atoms with Crippen molar-refractivity contribution in [1.29, 1.82) is 0 Å². The lowest BCUT2D eigenvalue weighted by atomic mass is 12.5. The van der Waals surface area contributed by atoms with Crippen molar-refractivity contribution >= 4 is 35.3 Å². The van der Waals surface area contributed by atoms with Crippen LogP contribution in [0.2, 0.25) is 0 Å². The highest BCUT2D eigenvalue weighted by Crippen LogP contribution is 2.08. The molecular weight excluding hydrogens is 164 g/mol. The standard InChI is InChI=1S/Cl3N3O/c1-5(2)6(3)4-7. The zero-order valence-corrected chi connectivity index (χ0v) is 5.15. The Bertz CT molecular complexity index is 63.2. The van der Waals surface area contributed by atoms with Crippen molar-refractivity contribution in [3.05, 3.63) is 4.91 Å². The van der Waals surface area contributed by atoms with Crippen LogP contribution in [0.25, 0.3) is 0 Å². The van der Waals surface area contributed by atoms with E-state index in [4.69, 9.17) is 35.3 Å². The third kappa shape index (κ3) is 2.87. The Morgan fingerprint density at radius 1 is 1.29 bits per heavy atom. The molecule has 0 fully saturated rings. The fourth-order valence-corrected chi connectivity index (χ4v) is 0.0828. The molecule has 7 heavy (non-hydrogen) atoms. The minimum Gasteiger partial charge on any atom is -0.122 e. The van der Waals surface area contributed by atoms with E-state index in [0.29, 0.717) is 0 Å². The molecule has 0 rings (SSSR count). The largest absolute Gasteiger partial charge is 0.122 e. The second-order valence-corrected chi connectivity index (χ2v) is 1.65. The summed E-state index contributed by atoms with van der Waals surface area (Å²) in [6.07, 6.45) is 0. The maximum absolute atomic E-state index is 9.28. The van der Waals surface area contributed by atoms with Crippen LogP contribution in [-0.4, -0.2) is 8.68 Å². The predicted octanol–water partition coefficient (Wildman–Crippen LogP) is 1.65. The van der Waals surface area contributed by atoms with Gasteiger partial charge in [0, 0.05) is 23.6 Å². The minimum absolute atomic E-state index is 0.198. The lowest BCUT2D eigenvalue weighted by Crippen LogP contribution is -2.10. The van der Waals surface area contributed by atoms with E-state index in [1.807, 2.05) is 0 Å². The average molecular weight is 164 g/mol. The van der Waals surface area contributed by atoms with Gasteiger partial charge >= 0.3 is 0 Å². The van der Waals surface area contributed by atoms with Gasteiger partial charge in [-0.05, 0) is 4.05 Å². The highest BCUT2D eigenvalue weighted by molar-refractivity contribution is 6.35. The van der Waals surface area contributed by atoms with Crippen molar-refractivity contribution in [3.63, 3.8) is 0 Å². The van der Waals surface area contributed by atoms with Crippen molar-refractivity contribution in [2.75, 3.05) is 0 Å². The van der Waals surface area contributed by atoms with Crippen molar-refractivity contribution in [1.82, 2.24) is 8.68 Å². The summed E-state index contributed by atoms with van der Waals surface area (Å²) in [5.74, 6) is 0. The molecule has 0 aliphatic carbocycles. The van der Waals surface area contributed by atoms with Gasteiger partial charge in [-0.2, -0.15) is 0 Å². The van der Waals surface area contributed by atoms with Gasteiger partial charge in [0.1, 0.15) is 0 Å². The maximum Gasteiger partial charge on any atom is 0.0878 e. The van der Waals surface area contributed by atoms with E-state index in [2.05, 4.69) is 5.29 Å². The third-order valence-corrected chi connectivity index (χ3v) is 0.846. The summed E-state index contributed by atoms with van der Waals surface area (Å²) < 4.78 is 0.484. The van der Waals surface area contributed by atoms with Crippen LogP contribution < -0.4 is 0 Å². The number of hydrazine groups is 1. The summed E-state index contributed by atoms with van der Waals surface area (Å²) in [4.78, 5) is 9.28. The van der Waals surface area contributed by atoms with E-state index >= 15 is 0 Å². The SMILES string of the molecule is O=NN(Cl)N(Cl)Cl. The Hall–Kier alpha value is 0.230. The van der Waals surface area contributed by atoms with E-state index in [1.54, 1.807) is 0 Å². The van der Waals surface area contributed by atoms with Gasteiger partial charge < -0.3 is 0 Å². The Morgan fingerprint density at radius 3 is 1.71 bits per heavy atom. The Morgan fingerprint density at radius 2 is 1.71 bits per heavy atom. The fourth-order valence-electron chi connectivity index (χ4n) is 0.0276. The molecule has 0 saturated heterocycles. The average Bonchev–Trinajstić information content (AvgIpc) is 1.65. The first kappa shape index (κ1) is 7.23. The molecule has 0 bridgehead atoms. The summed E-state index contributed by atoms with van der Waals surface area (Å²) in [5, 5.41) is 2.10. The predicted molar refractivity (Wildman–Crippen MR) is 27.0 cm³/mol. The number of hydrogen-bond donors (Lipinski definition) is 0. The van der Waals surface area contributed by atoms with E-state index in [0.717, 1.165) is 0 Å². The smallest absolute Gasteiger partial charge is 0.0878 e. The van der Waals surface area contributed by atoms with E-state index < -0.39 is 0 Å². The molecule has 4 nitrogen and oxygen atoms in total. The third-order valence-electron chi connectivity index (χ3n) is 0.192. The fraction of sp³-hybridized carbons (Fsp3) is 0. The lowest BCUT2D eigenvalue weighted by molar-refractivity contribution is 0.302. The summed E-state index contributed by atoms with van der Waals surface area (Å²) in [6.45, 7) is 0. The number of nitroso groups, excluding NO2 is 1. The second kappa shape index (κ2) is 3.26. The van der Waals surface area contributed by atoms with Gasteiger partial charge in [-0.3, -0.25) is 0 Å². The first-order valence-electron chi connectivity index (χ1n) is 1.09. The molecule has 42 valence electrons. The summed E-state index contributed by atoms with van der Waals surface area (Å²) >= 11 is 14.5. The van der Waals surface area contributed by atoms with Gasteiger partial charge in [0.15, 0.2) is 0 Å². The van der Waals surface area contributed by atoms with E-state index in [1.165, 1.54) is 0 Å². The Kier molecular flexibility index (Phi) is 3.37. The topological polar surface area (TPSA) is 35.9 Å². The zero-order valence-electron chi connectivity index (χ0n) is 2.88. The zero-order chi connectivity index (χ0) is 5.86. The molecule has 0 aromatic carbocycles. The van der Waals surface area contributed by atoms with Crippen LogP contribution in [0.15, 0.2) is 5.29 Å². The quantitative estimate of drug-likeness (QED) is 0.354. The van der Waals surface area contributed by atoms with Gasteiger partial charge in [-0.15, -0.1) is 4.91 Å². The highest BCUT2D eigenvalue weighted by atomic mass is 35.5. The molecular formula is Cl3N3O. The molecule has 0 spiro atoms. The van der Waals surface area contributed by atoms with Crippen molar-refractivity contribution in [2.24, 2.45) is 5.29 Å². The van der Waals surface area contributed by atoms with E-state index in [9.17, 15) is 4.91 Å². The van der Waals surface area contributed by atoms with Gasteiger partial charge in [-0.1, -0.05) is 4.64 Å². The molecule has 0 N–H and O–H groups in total. The van der Waals surface area contributed by atoms with Crippen LogP contribution >= 0.6 is 35.3 Å². The van der Waals surface area contributed by atoms with Crippen LogP contribution in [0.1, 0.15) is 0 Å². The van der Waals surface area contributed by atoms with E-state index in [-0.39, 0.29) is 8.68 Å². The normalized spacial score (nSPS) is 9.14. The Balaban J connectivity index is 3.33. The molecule has 0 atom stereocenters. The molecule has 7 heteroatoms. The summed E-state index contributed by atoms with van der Waals surface area (Å²) in [5.41, 5.74) is 0. The van der Waals surface area contributed by atoms with Crippen LogP contribution in [0.4, 0.5) is 0 Å². The van der Waals surface area contributed by atoms with Crippen molar-refractivity contribution in [3.8, 4) is 0 Å². The molecule has 0 saturated carbocycles. The summed E-state index contributed by atoms with van der Waals surface area (Å²) in [7, 11) is 0. The molecule has 0 unspecified atom stereocenters. The number of halogens is 3. The molecule has 0 aromatic rings. The number of hydrogen-bond acceptors (Lipinski definition) is 3. The molecule has 0 radical (unpaired) electrons. The van der Waals surface area contributed by atoms with Crippen LogP contribution in [0, 0.1) is 4.91 Å². The van der Waals surface area contributed by atoms with Gasteiger partial charge in [0.05, 0.1) is 17.1 Å². The molecule has 0 aliphatic heterocycles. The molecule has 0 aromatic heterocycles. The van der Waals surface area contributed by atoms with Crippen LogP contribution in [0.3, 0.4) is 0 Å². The van der Waals surface area contributed by atoms with Crippen LogP contribution in [-0.2, 0) is 0 Å². The maximum atomic E-state index is 9.28.